The van der Waals surface area contributed by atoms with E-state index in [1.807, 2.05) is 6.92 Å². The highest BCUT2D eigenvalue weighted by atomic mass is 19.2. The highest BCUT2D eigenvalue weighted by Crippen LogP contribution is 2.18. The molecule has 0 aliphatic carbocycles. The van der Waals surface area contributed by atoms with Crippen LogP contribution in [-0.2, 0) is 16.0 Å². The summed E-state index contributed by atoms with van der Waals surface area (Å²) in [6.45, 7) is 3.96. The first-order valence-electron chi connectivity index (χ1n) is 7.90. The first-order valence-corrected chi connectivity index (χ1v) is 7.90. The molecule has 0 aromatic heterocycles. The van der Waals surface area contributed by atoms with Crippen molar-refractivity contribution in [3.05, 3.63) is 35.4 Å². The highest BCUT2D eigenvalue weighted by Gasteiger charge is 2.32. The number of halogens is 2. The SMILES string of the molecule is CC(=O)N1CCC[C@@H]1C(=O)N[C@@H](C)CCc1ccc(F)c(F)c1. The molecule has 1 N–H and O–H groups in total. The summed E-state index contributed by atoms with van der Waals surface area (Å²) < 4.78 is 26.0. The number of benzene rings is 1. The van der Waals surface area contributed by atoms with Gasteiger partial charge in [0.1, 0.15) is 6.04 Å². The third-order valence-corrected chi connectivity index (χ3v) is 4.20. The van der Waals surface area contributed by atoms with Crippen LogP contribution in [0.1, 0.15) is 38.7 Å². The summed E-state index contributed by atoms with van der Waals surface area (Å²) in [5, 5.41) is 2.90. The summed E-state index contributed by atoms with van der Waals surface area (Å²) in [4.78, 5) is 25.4. The second-order valence-electron chi connectivity index (χ2n) is 6.07. The number of aryl methyl sites for hydroxylation is 1. The lowest BCUT2D eigenvalue weighted by atomic mass is 10.1. The van der Waals surface area contributed by atoms with Crippen molar-refractivity contribution in [2.24, 2.45) is 0 Å². The largest absolute Gasteiger partial charge is 0.352 e. The van der Waals surface area contributed by atoms with Crippen LogP contribution in [0.25, 0.3) is 0 Å². The lowest BCUT2D eigenvalue weighted by Crippen LogP contribution is -2.47. The fourth-order valence-corrected chi connectivity index (χ4v) is 2.91. The zero-order chi connectivity index (χ0) is 17.0. The molecular formula is C17H22F2N2O2. The van der Waals surface area contributed by atoms with Gasteiger partial charge in [-0.2, -0.15) is 0 Å². The lowest BCUT2D eigenvalue weighted by molar-refractivity contribution is -0.137. The van der Waals surface area contributed by atoms with Crippen molar-refractivity contribution >= 4 is 11.8 Å². The molecule has 1 aromatic carbocycles. The van der Waals surface area contributed by atoms with Crippen molar-refractivity contribution in [2.45, 2.75) is 51.6 Å². The van der Waals surface area contributed by atoms with E-state index in [4.69, 9.17) is 0 Å². The van der Waals surface area contributed by atoms with Crippen LogP contribution in [0.5, 0.6) is 0 Å². The van der Waals surface area contributed by atoms with E-state index in [9.17, 15) is 18.4 Å². The zero-order valence-corrected chi connectivity index (χ0v) is 13.4. The average molecular weight is 324 g/mol. The maximum absolute atomic E-state index is 13.2. The highest BCUT2D eigenvalue weighted by molar-refractivity contribution is 5.87. The quantitative estimate of drug-likeness (QED) is 0.904. The molecular weight excluding hydrogens is 302 g/mol. The van der Waals surface area contributed by atoms with Gasteiger partial charge in [0.05, 0.1) is 0 Å². The van der Waals surface area contributed by atoms with Crippen LogP contribution in [0.4, 0.5) is 8.78 Å². The first-order chi connectivity index (χ1) is 10.9. The molecule has 126 valence electrons. The number of likely N-dealkylation sites (tertiary alicyclic amines) is 1. The topological polar surface area (TPSA) is 49.4 Å². The van der Waals surface area contributed by atoms with Gasteiger partial charge in [0, 0.05) is 19.5 Å². The van der Waals surface area contributed by atoms with Crippen LogP contribution in [0.2, 0.25) is 0 Å². The van der Waals surface area contributed by atoms with Crippen LogP contribution in [0.15, 0.2) is 18.2 Å². The van der Waals surface area contributed by atoms with Crippen molar-refractivity contribution in [2.75, 3.05) is 6.54 Å². The molecule has 23 heavy (non-hydrogen) atoms. The van der Waals surface area contributed by atoms with Gasteiger partial charge in [0.25, 0.3) is 0 Å². The average Bonchev–Trinajstić information content (AvgIpc) is 2.98. The summed E-state index contributed by atoms with van der Waals surface area (Å²) in [6, 6.07) is 3.33. The first kappa shape index (κ1) is 17.4. The summed E-state index contributed by atoms with van der Waals surface area (Å²) in [5.74, 6) is -1.95. The van der Waals surface area contributed by atoms with E-state index in [-0.39, 0.29) is 17.9 Å². The fraction of sp³-hybridized carbons (Fsp3) is 0.529. The Morgan fingerprint density at radius 1 is 1.35 bits per heavy atom. The number of rotatable bonds is 5. The molecule has 6 heteroatoms. The molecule has 2 atom stereocenters. The van der Waals surface area contributed by atoms with Crippen molar-refractivity contribution < 1.29 is 18.4 Å². The van der Waals surface area contributed by atoms with Crippen molar-refractivity contribution in [1.29, 1.82) is 0 Å². The van der Waals surface area contributed by atoms with E-state index in [1.54, 1.807) is 11.0 Å². The zero-order valence-electron chi connectivity index (χ0n) is 13.4. The third-order valence-electron chi connectivity index (χ3n) is 4.20. The summed E-state index contributed by atoms with van der Waals surface area (Å²) in [7, 11) is 0. The molecule has 0 bridgehead atoms. The molecule has 0 radical (unpaired) electrons. The second kappa shape index (κ2) is 7.53. The lowest BCUT2D eigenvalue weighted by Gasteiger charge is -2.24. The number of amides is 2. The van der Waals surface area contributed by atoms with Gasteiger partial charge in [-0.15, -0.1) is 0 Å². The van der Waals surface area contributed by atoms with Gasteiger partial charge < -0.3 is 10.2 Å². The normalized spacial score (nSPS) is 18.8. The predicted molar refractivity (Wildman–Crippen MR) is 82.7 cm³/mol. The van der Waals surface area contributed by atoms with Gasteiger partial charge in [-0.1, -0.05) is 6.07 Å². The van der Waals surface area contributed by atoms with Gasteiger partial charge in [-0.05, 0) is 50.3 Å². The monoisotopic (exact) mass is 324 g/mol. The van der Waals surface area contributed by atoms with E-state index in [2.05, 4.69) is 5.32 Å². The van der Waals surface area contributed by atoms with Gasteiger partial charge in [-0.25, -0.2) is 8.78 Å². The Kier molecular flexibility index (Phi) is 5.69. The smallest absolute Gasteiger partial charge is 0.243 e. The van der Waals surface area contributed by atoms with Crippen molar-refractivity contribution in [1.82, 2.24) is 10.2 Å². The van der Waals surface area contributed by atoms with E-state index in [1.165, 1.54) is 13.0 Å². The van der Waals surface area contributed by atoms with Crippen molar-refractivity contribution in [3.63, 3.8) is 0 Å². The van der Waals surface area contributed by atoms with Gasteiger partial charge in [0.15, 0.2) is 11.6 Å². The Morgan fingerprint density at radius 2 is 2.09 bits per heavy atom. The van der Waals surface area contributed by atoms with Crippen LogP contribution in [0.3, 0.4) is 0 Å². The minimum atomic E-state index is -0.861. The van der Waals surface area contributed by atoms with Gasteiger partial charge >= 0.3 is 0 Å². The molecule has 1 aromatic rings. The number of nitrogens with zero attached hydrogens (tertiary/aromatic N) is 1. The van der Waals surface area contributed by atoms with E-state index >= 15 is 0 Å². The minimum absolute atomic E-state index is 0.0860. The van der Waals surface area contributed by atoms with Gasteiger partial charge in [-0.3, -0.25) is 9.59 Å². The molecule has 1 aliphatic rings. The third kappa shape index (κ3) is 4.50. The number of hydrogen-bond donors (Lipinski definition) is 1. The van der Waals surface area contributed by atoms with Crippen LogP contribution in [-0.4, -0.2) is 35.3 Å². The fourth-order valence-electron chi connectivity index (χ4n) is 2.91. The van der Waals surface area contributed by atoms with Crippen LogP contribution < -0.4 is 5.32 Å². The molecule has 1 heterocycles. The number of nitrogens with one attached hydrogen (secondary N) is 1. The van der Waals surface area contributed by atoms with Gasteiger partial charge in [0.2, 0.25) is 11.8 Å². The van der Waals surface area contributed by atoms with E-state index < -0.39 is 17.7 Å². The summed E-state index contributed by atoms with van der Waals surface area (Å²) >= 11 is 0. The Bertz CT molecular complexity index is 592. The maximum Gasteiger partial charge on any atom is 0.243 e. The molecule has 1 fully saturated rings. The molecule has 4 nitrogen and oxygen atoms in total. The number of hydrogen-bond acceptors (Lipinski definition) is 2. The molecule has 2 amide bonds. The molecule has 1 saturated heterocycles. The second-order valence-corrected chi connectivity index (χ2v) is 6.07. The Hall–Kier alpha value is -1.98. The molecule has 0 saturated carbocycles. The molecule has 0 spiro atoms. The number of carbonyl (C=O) groups excluding carboxylic acids is 2. The predicted octanol–water partition coefficient (Wildman–Crippen LogP) is 2.41. The number of carbonyl (C=O) groups is 2. The van der Waals surface area contributed by atoms with Crippen LogP contribution in [0, 0.1) is 11.6 Å². The standard InChI is InChI=1S/C17H22F2N2O2/c1-11(5-6-13-7-8-14(18)15(19)10-13)20-17(23)16-4-3-9-21(16)12(2)22/h7-8,10-11,16H,3-6,9H2,1-2H3,(H,20,23)/t11-,16+/m0/s1. The summed E-state index contributed by atoms with van der Waals surface area (Å²) in [5.41, 5.74) is 0.691. The Morgan fingerprint density at radius 3 is 2.74 bits per heavy atom. The Labute approximate surface area is 134 Å². The minimum Gasteiger partial charge on any atom is -0.352 e. The molecule has 2 rings (SSSR count). The Balaban J connectivity index is 1.84. The van der Waals surface area contributed by atoms with Crippen molar-refractivity contribution in [3.8, 4) is 0 Å². The van der Waals surface area contributed by atoms with E-state index in [0.717, 1.165) is 12.5 Å². The molecule has 1 aliphatic heterocycles. The van der Waals surface area contributed by atoms with Crippen LogP contribution >= 0.6 is 0 Å². The maximum atomic E-state index is 13.2. The van der Waals surface area contributed by atoms with E-state index in [0.29, 0.717) is 31.4 Å². The summed E-state index contributed by atoms with van der Waals surface area (Å²) in [6.07, 6.45) is 2.67. The molecule has 0 unspecified atom stereocenters.